The summed E-state index contributed by atoms with van der Waals surface area (Å²) in [7, 11) is 0. The SMILES string of the molecule is Cc1ccc(NC(=O)CN2C(=O)[C@@H](C(=O)N3CCCCC3)Sc3ccccc32)cc1F. The van der Waals surface area contributed by atoms with Crippen LogP contribution in [0, 0.1) is 12.7 Å². The second kappa shape index (κ2) is 9.09. The largest absolute Gasteiger partial charge is 0.341 e. The first-order valence-electron chi connectivity index (χ1n) is 10.4. The van der Waals surface area contributed by atoms with Crippen molar-refractivity contribution in [3.63, 3.8) is 0 Å². The minimum absolute atomic E-state index is 0.199. The fourth-order valence-corrected chi connectivity index (χ4v) is 5.02. The van der Waals surface area contributed by atoms with Crippen molar-refractivity contribution in [3.8, 4) is 0 Å². The van der Waals surface area contributed by atoms with E-state index < -0.39 is 22.9 Å². The van der Waals surface area contributed by atoms with E-state index in [1.165, 1.54) is 22.7 Å². The number of thioether (sulfide) groups is 1. The van der Waals surface area contributed by atoms with Gasteiger partial charge >= 0.3 is 0 Å². The van der Waals surface area contributed by atoms with E-state index in [1.54, 1.807) is 36.1 Å². The summed E-state index contributed by atoms with van der Waals surface area (Å²) in [6.45, 7) is 2.70. The normalized spacial score (nSPS) is 18.5. The van der Waals surface area contributed by atoms with Gasteiger partial charge in [0, 0.05) is 23.7 Å². The van der Waals surface area contributed by atoms with Crippen LogP contribution in [-0.2, 0) is 14.4 Å². The highest BCUT2D eigenvalue weighted by molar-refractivity contribution is 8.01. The molecule has 2 aliphatic rings. The molecule has 8 heteroatoms. The van der Waals surface area contributed by atoms with Crippen LogP contribution in [0.2, 0.25) is 0 Å². The number of halogens is 1. The van der Waals surface area contributed by atoms with Gasteiger partial charge in [-0.25, -0.2) is 4.39 Å². The molecular weight excluding hydrogens is 417 g/mol. The quantitative estimate of drug-likeness (QED) is 0.737. The maximum atomic E-state index is 13.8. The molecule has 0 bridgehead atoms. The van der Waals surface area contributed by atoms with Gasteiger partial charge < -0.3 is 15.1 Å². The van der Waals surface area contributed by atoms with E-state index in [4.69, 9.17) is 0 Å². The first-order chi connectivity index (χ1) is 14.9. The molecule has 4 rings (SSSR count). The van der Waals surface area contributed by atoms with E-state index >= 15 is 0 Å². The Morgan fingerprint density at radius 2 is 1.87 bits per heavy atom. The molecule has 0 radical (unpaired) electrons. The number of piperidine rings is 1. The van der Waals surface area contributed by atoms with Crippen molar-refractivity contribution in [2.45, 2.75) is 36.3 Å². The number of fused-ring (bicyclic) bond motifs is 1. The van der Waals surface area contributed by atoms with E-state index in [-0.39, 0.29) is 12.5 Å². The molecule has 0 aromatic heterocycles. The van der Waals surface area contributed by atoms with Gasteiger partial charge in [-0.05, 0) is 56.0 Å². The van der Waals surface area contributed by atoms with E-state index in [2.05, 4.69) is 5.32 Å². The summed E-state index contributed by atoms with van der Waals surface area (Å²) in [5, 5.41) is 1.74. The predicted molar refractivity (Wildman–Crippen MR) is 119 cm³/mol. The Morgan fingerprint density at radius 3 is 2.61 bits per heavy atom. The number of likely N-dealkylation sites (tertiary alicyclic amines) is 1. The summed E-state index contributed by atoms with van der Waals surface area (Å²) in [6, 6.07) is 11.7. The van der Waals surface area contributed by atoms with Crippen LogP contribution in [0.4, 0.5) is 15.8 Å². The van der Waals surface area contributed by atoms with Crippen LogP contribution in [0.3, 0.4) is 0 Å². The monoisotopic (exact) mass is 441 g/mol. The molecular formula is C23H24FN3O3S. The Balaban J connectivity index is 1.54. The van der Waals surface area contributed by atoms with E-state index in [0.717, 1.165) is 24.2 Å². The lowest BCUT2D eigenvalue weighted by molar-refractivity contribution is -0.135. The standard InChI is InChI=1S/C23H24FN3O3S/c1-15-9-10-16(13-17(15)24)25-20(28)14-27-18-7-3-4-8-19(18)31-21(23(27)30)22(29)26-11-5-2-6-12-26/h3-4,7-10,13,21H,2,5-6,11-12,14H2,1H3,(H,25,28)/t21-/m1/s1. The molecule has 1 saturated heterocycles. The highest BCUT2D eigenvalue weighted by Gasteiger charge is 2.40. The molecule has 0 spiro atoms. The maximum absolute atomic E-state index is 13.8. The van der Waals surface area contributed by atoms with Gasteiger partial charge in [0.1, 0.15) is 12.4 Å². The van der Waals surface area contributed by atoms with Gasteiger partial charge in [0.2, 0.25) is 11.8 Å². The van der Waals surface area contributed by atoms with Gasteiger partial charge in [0.05, 0.1) is 5.69 Å². The summed E-state index contributed by atoms with van der Waals surface area (Å²) < 4.78 is 13.8. The molecule has 0 saturated carbocycles. The third kappa shape index (κ3) is 4.58. The van der Waals surface area contributed by atoms with Gasteiger partial charge in [0.15, 0.2) is 5.25 Å². The fraction of sp³-hybridized carbons (Fsp3) is 0.348. The number of carbonyl (C=O) groups excluding carboxylic acids is 3. The second-order valence-electron chi connectivity index (χ2n) is 7.79. The van der Waals surface area contributed by atoms with Crippen molar-refractivity contribution >= 4 is 40.9 Å². The molecule has 2 aromatic carbocycles. The van der Waals surface area contributed by atoms with E-state index in [1.807, 2.05) is 12.1 Å². The van der Waals surface area contributed by atoms with Crippen molar-refractivity contribution in [1.82, 2.24) is 4.90 Å². The van der Waals surface area contributed by atoms with Crippen molar-refractivity contribution in [1.29, 1.82) is 0 Å². The zero-order valence-electron chi connectivity index (χ0n) is 17.3. The second-order valence-corrected chi connectivity index (χ2v) is 8.94. The summed E-state index contributed by atoms with van der Waals surface area (Å²) >= 11 is 1.24. The molecule has 1 N–H and O–H groups in total. The van der Waals surface area contributed by atoms with Gasteiger partial charge in [-0.3, -0.25) is 14.4 Å². The Labute approximate surface area is 184 Å². The first-order valence-corrected chi connectivity index (χ1v) is 11.2. The summed E-state index contributed by atoms with van der Waals surface area (Å²) in [4.78, 5) is 42.9. The van der Waals surface area contributed by atoms with Gasteiger partial charge in [0.25, 0.3) is 5.91 Å². The number of anilines is 2. The molecule has 1 fully saturated rings. The Hall–Kier alpha value is -2.87. The minimum Gasteiger partial charge on any atom is -0.341 e. The number of hydrogen-bond acceptors (Lipinski definition) is 4. The average molecular weight is 442 g/mol. The average Bonchev–Trinajstić information content (AvgIpc) is 2.78. The Bertz CT molecular complexity index is 1020. The molecule has 2 aromatic rings. The van der Waals surface area contributed by atoms with Crippen LogP contribution < -0.4 is 10.2 Å². The number of aryl methyl sites for hydroxylation is 1. The number of hydrogen-bond donors (Lipinski definition) is 1. The molecule has 6 nitrogen and oxygen atoms in total. The number of benzene rings is 2. The summed E-state index contributed by atoms with van der Waals surface area (Å²) in [5.41, 5.74) is 1.40. The predicted octanol–water partition coefficient (Wildman–Crippen LogP) is 3.59. The van der Waals surface area contributed by atoms with Crippen molar-refractivity contribution in [2.75, 3.05) is 29.9 Å². The lowest BCUT2D eigenvalue weighted by Crippen LogP contribution is -2.52. The van der Waals surface area contributed by atoms with Gasteiger partial charge in [-0.1, -0.05) is 18.2 Å². The number of carbonyl (C=O) groups is 3. The lowest BCUT2D eigenvalue weighted by Gasteiger charge is -2.36. The number of rotatable bonds is 4. The van der Waals surface area contributed by atoms with Crippen LogP contribution in [-0.4, -0.2) is 47.5 Å². The zero-order valence-corrected chi connectivity index (χ0v) is 18.1. The topological polar surface area (TPSA) is 69.7 Å². The molecule has 0 unspecified atom stereocenters. The molecule has 162 valence electrons. The van der Waals surface area contributed by atoms with Crippen molar-refractivity contribution in [3.05, 3.63) is 53.8 Å². The molecule has 2 heterocycles. The molecule has 31 heavy (non-hydrogen) atoms. The molecule has 2 aliphatic heterocycles. The van der Waals surface area contributed by atoms with Crippen molar-refractivity contribution < 1.29 is 18.8 Å². The van der Waals surface area contributed by atoms with Crippen LogP contribution in [0.25, 0.3) is 0 Å². The van der Waals surface area contributed by atoms with Crippen LogP contribution in [0.15, 0.2) is 47.4 Å². The molecule has 0 aliphatic carbocycles. The van der Waals surface area contributed by atoms with Crippen LogP contribution in [0.1, 0.15) is 24.8 Å². The molecule has 3 amide bonds. The third-order valence-electron chi connectivity index (χ3n) is 5.54. The third-order valence-corrected chi connectivity index (χ3v) is 6.78. The van der Waals surface area contributed by atoms with E-state index in [0.29, 0.717) is 30.0 Å². The Kier molecular flexibility index (Phi) is 6.27. The molecule has 1 atom stereocenters. The highest BCUT2D eigenvalue weighted by atomic mass is 32.2. The van der Waals surface area contributed by atoms with E-state index in [9.17, 15) is 18.8 Å². The Morgan fingerprint density at radius 1 is 1.13 bits per heavy atom. The number of para-hydroxylation sites is 1. The number of amides is 3. The minimum atomic E-state index is -0.905. The smallest absolute Gasteiger partial charge is 0.250 e. The first kappa shape index (κ1) is 21.4. The van der Waals surface area contributed by atoms with Crippen LogP contribution >= 0.6 is 11.8 Å². The summed E-state index contributed by atoms with van der Waals surface area (Å²) in [5.74, 6) is -1.47. The van der Waals surface area contributed by atoms with Crippen LogP contribution in [0.5, 0.6) is 0 Å². The maximum Gasteiger partial charge on any atom is 0.250 e. The number of nitrogens with zero attached hydrogens (tertiary/aromatic N) is 2. The van der Waals surface area contributed by atoms with Gasteiger partial charge in [-0.2, -0.15) is 0 Å². The fourth-order valence-electron chi connectivity index (χ4n) is 3.83. The highest BCUT2D eigenvalue weighted by Crippen LogP contribution is 2.40. The number of nitrogens with one attached hydrogen (secondary N) is 1. The lowest BCUT2D eigenvalue weighted by atomic mass is 10.1. The van der Waals surface area contributed by atoms with Gasteiger partial charge in [-0.15, -0.1) is 11.8 Å². The van der Waals surface area contributed by atoms with Crippen molar-refractivity contribution in [2.24, 2.45) is 0 Å². The zero-order chi connectivity index (χ0) is 22.0. The summed E-state index contributed by atoms with van der Waals surface area (Å²) in [6.07, 6.45) is 2.96.